The molecule has 1 heterocycles. The minimum absolute atomic E-state index is 0.0440. The van der Waals surface area contributed by atoms with Crippen LogP contribution in [0.3, 0.4) is 0 Å². The molecule has 11 heavy (non-hydrogen) atoms. The first kappa shape index (κ1) is 8.20. The summed E-state index contributed by atoms with van der Waals surface area (Å²) in [5.74, 6) is 0.863. The number of aromatic nitrogens is 3. The molecule has 4 nitrogen and oxygen atoms in total. The van der Waals surface area contributed by atoms with Crippen LogP contribution in [0.5, 0.6) is 0 Å². The summed E-state index contributed by atoms with van der Waals surface area (Å²) in [5.41, 5.74) is 0. The van der Waals surface area contributed by atoms with Crippen LogP contribution < -0.4 is 0 Å². The molecule has 0 bridgehead atoms. The number of nitrogens with zero attached hydrogens (tertiary/aromatic N) is 3. The van der Waals surface area contributed by atoms with Gasteiger partial charge in [-0.1, -0.05) is 6.92 Å². The zero-order valence-electron chi connectivity index (χ0n) is 7.02. The van der Waals surface area contributed by atoms with Gasteiger partial charge in [0, 0.05) is 13.0 Å². The second-order valence-electron chi connectivity index (χ2n) is 2.83. The zero-order valence-corrected chi connectivity index (χ0v) is 7.02. The van der Waals surface area contributed by atoms with Gasteiger partial charge in [0.25, 0.3) is 0 Å². The Balaban J connectivity index is 2.84. The fraction of sp³-hybridized carbons (Fsp3) is 0.714. The second-order valence-corrected chi connectivity index (χ2v) is 2.83. The summed E-state index contributed by atoms with van der Waals surface area (Å²) in [7, 11) is 1.87. The minimum Gasteiger partial charge on any atom is -0.393 e. The molecule has 4 heteroatoms. The van der Waals surface area contributed by atoms with E-state index in [4.69, 9.17) is 0 Å². The van der Waals surface area contributed by atoms with Crippen molar-refractivity contribution in [2.45, 2.75) is 25.9 Å². The molecule has 1 N–H and O–H groups in total. The highest BCUT2D eigenvalue weighted by atomic mass is 16.3. The molecule has 0 aromatic carbocycles. The third-order valence-corrected chi connectivity index (χ3v) is 1.88. The highest BCUT2D eigenvalue weighted by Crippen LogP contribution is 2.14. The van der Waals surface area contributed by atoms with Gasteiger partial charge in [0.05, 0.1) is 6.10 Å². The Morgan fingerprint density at radius 2 is 2.18 bits per heavy atom. The molecule has 0 fully saturated rings. The predicted octanol–water partition coefficient (Wildman–Crippen LogP) is 0.299. The summed E-state index contributed by atoms with van der Waals surface area (Å²) in [6.45, 7) is 3.67. The van der Waals surface area contributed by atoms with Crippen LogP contribution in [-0.4, -0.2) is 26.0 Å². The quantitative estimate of drug-likeness (QED) is 0.668. The standard InChI is InChI=1S/C7H13N3O/c1-5(6(2)11)7-9-8-4-10(7)3/h4-6,11H,1-3H3. The lowest BCUT2D eigenvalue weighted by atomic mass is 10.1. The first-order valence-electron chi connectivity index (χ1n) is 3.65. The monoisotopic (exact) mass is 155 g/mol. The van der Waals surface area contributed by atoms with E-state index < -0.39 is 0 Å². The molecule has 0 saturated heterocycles. The van der Waals surface area contributed by atoms with Gasteiger partial charge in [-0.2, -0.15) is 0 Å². The van der Waals surface area contributed by atoms with Gasteiger partial charge in [0.2, 0.25) is 0 Å². The van der Waals surface area contributed by atoms with Crippen molar-refractivity contribution in [2.75, 3.05) is 0 Å². The van der Waals surface area contributed by atoms with Crippen LogP contribution >= 0.6 is 0 Å². The number of rotatable bonds is 2. The molecule has 0 radical (unpaired) electrons. The van der Waals surface area contributed by atoms with E-state index in [1.807, 2.05) is 18.5 Å². The lowest BCUT2D eigenvalue weighted by Gasteiger charge is -2.12. The maximum atomic E-state index is 9.24. The Morgan fingerprint density at radius 1 is 1.55 bits per heavy atom. The van der Waals surface area contributed by atoms with Crippen LogP contribution in [0.4, 0.5) is 0 Å². The summed E-state index contributed by atoms with van der Waals surface area (Å²) < 4.78 is 1.82. The molecule has 0 aliphatic heterocycles. The first-order valence-corrected chi connectivity index (χ1v) is 3.65. The Labute approximate surface area is 65.9 Å². The molecule has 0 amide bonds. The highest BCUT2D eigenvalue weighted by molar-refractivity contribution is 4.95. The molecular weight excluding hydrogens is 142 g/mol. The first-order chi connectivity index (χ1) is 5.13. The van der Waals surface area contributed by atoms with Crippen molar-refractivity contribution >= 4 is 0 Å². The van der Waals surface area contributed by atoms with E-state index in [-0.39, 0.29) is 12.0 Å². The van der Waals surface area contributed by atoms with Gasteiger partial charge in [0.1, 0.15) is 12.2 Å². The molecule has 1 aromatic rings. The van der Waals surface area contributed by atoms with Crippen LogP contribution in [0.15, 0.2) is 6.33 Å². The van der Waals surface area contributed by atoms with Gasteiger partial charge in [-0.25, -0.2) is 0 Å². The van der Waals surface area contributed by atoms with Crippen molar-refractivity contribution in [3.63, 3.8) is 0 Å². The number of hydrogen-bond donors (Lipinski definition) is 1. The molecule has 1 rings (SSSR count). The van der Waals surface area contributed by atoms with Crippen molar-refractivity contribution in [1.29, 1.82) is 0 Å². The SMILES string of the molecule is CC(O)C(C)c1nncn1C. The number of hydrogen-bond acceptors (Lipinski definition) is 3. The normalized spacial score (nSPS) is 16.4. The van der Waals surface area contributed by atoms with Crippen LogP contribution in [0.1, 0.15) is 25.6 Å². The van der Waals surface area contributed by atoms with Crippen molar-refractivity contribution < 1.29 is 5.11 Å². The van der Waals surface area contributed by atoms with E-state index in [1.54, 1.807) is 13.3 Å². The van der Waals surface area contributed by atoms with Gasteiger partial charge < -0.3 is 9.67 Å². The van der Waals surface area contributed by atoms with Gasteiger partial charge >= 0.3 is 0 Å². The predicted molar refractivity (Wildman–Crippen MR) is 41.1 cm³/mol. The molecular formula is C7H13N3O. The van der Waals surface area contributed by atoms with Gasteiger partial charge in [-0.15, -0.1) is 10.2 Å². The Bertz CT molecular complexity index is 231. The fourth-order valence-electron chi connectivity index (χ4n) is 0.920. The third-order valence-electron chi connectivity index (χ3n) is 1.88. The minimum atomic E-state index is -0.377. The fourth-order valence-corrected chi connectivity index (χ4v) is 0.920. The Kier molecular flexibility index (Phi) is 2.24. The van der Waals surface area contributed by atoms with E-state index in [0.717, 1.165) is 5.82 Å². The summed E-state index contributed by atoms with van der Waals surface area (Å²) in [6, 6.07) is 0. The molecule has 2 unspecified atom stereocenters. The van der Waals surface area contributed by atoms with Crippen LogP contribution in [0.2, 0.25) is 0 Å². The Hall–Kier alpha value is -0.900. The molecule has 2 atom stereocenters. The number of aliphatic hydroxyl groups excluding tert-OH is 1. The van der Waals surface area contributed by atoms with Gasteiger partial charge in [-0.05, 0) is 6.92 Å². The van der Waals surface area contributed by atoms with Gasteiger partial charge in [0.15, 0.2) is 0 Å². The lowest BCUT2D eigenvalue weighted by Crippen LogP contribution is -2.15. The molecule has 0 saturated carbocycles. The maximum Gasteiger partial charge on any atom is 0.137 e. The highest BCUT2D eigenvalue weighted by Gasteiger charge is 2.15. The number of aryl methyl sites for hydroxylation is 1. The van der Waals surface area contributed by atoms with E-state index in [9.17, 15) is 5.11 Å². The smallest absolute Gasteiger partial charge is 0.137 e. The van der Waals surface area contributed by atoms with Crippen LogP contribution in [-0.2, 0) is 7.05 Å². The zero-order chi connectivity index (χ0) is 8.43. The molecule has 0 spiro atoms. The van der Waals surface area contributed by atoms with E-state index in [1.165, 1.54) is 0 Å². The summed E-state index contributed by atoms with van der Waals surface area (Å²) in [5, 5.41) is 16.9. The van der Waals surface area contributed by atoms with E-state index in [2.05, 4.69) is 10.2 Å². The average Bonchev–Trinajstić information content (AvgIpc) is 2.33. The average molecular weight is 155 g/mol. The van der Waals surface area contributed by atoms with Crippen molar-refractivity contribution in [2.24, 2.45) is 7.05 Å². The topological polar surface area (TPSA) is 50.9 Å². The van der Waals surface area contributed by atoms with Gasteiger partial charge in [-0.3, -0.25) is 0 Å². The Morgan fingerprint density at radius 3 is 2.55 bits per heavy atom. The van der Waals surface area contributed by atoms with E-state index >= 15 is 0 Å². The maximum absolute atomic E-state index is 9.24. The third kappa shape index (κ3) is 1.57. The molecule has 0 aliphatic carbocycles. The van der Waals surface area contributed by atoms with Crippen LogP contribution in [0, 0.1) is 0 Å². The molecule has 0 aliphatic rings. The van der Waals surface area contributed by atoms with Crippen molar-refractivity contribution in [1.82, 2.24) is 14.8 Å². The molecule has 62 valence electrons. The van der Waals surface area contributed by atoms with E-state index in [0.29, 0.717) is 0 Å². The second kappa shape index (κ2) is 3.00. The summed E-state index contributed by atoms with van der Waals surface area (Å²) in [4.78, 5) is 0. The summed E-state index contributed by atoms with van der Waals surface area (Å²) in [6.07, 6.45) is 1.26. The van der Waals surface area contributed by atoms with Crippen molar-refractivity contribution in [3.8, 4) is 0 Å². The van der Waals surface area contributed by atoms with Crippen LogP contribution in [0.25, 0.3) is 0 Å². The van der Waals surface area contributed by atoms with Crippen molar-refractivity contribution in [3.05, 3.63) is 12.2 Å². The lowest BCUT2D eigenvalue weighted by molar-refractivity contribution is 0.164. The molecule has 1 aromatic heterocycles. The summed E-state index contributed by atoms with van der Waals surface area (Å²) >= 11 is 0. The number of aliphatic hydroxyl groups is 1. The largest absolute Gasteiger partial charge is 0.393 e.